The lowest BCUT2D eigenvalue weighted by Gasteiger charge is -2.07. The summed E-state index contributed by atoms with van der Waals surface area (Å²) in [6.07, 6.45) is -0.940. The first kappa shape index (κ1) is 17.0. The lowest BCUT2D eigenvalue weighted by Crippen LogP contribution is -2.04. The van der Waals surface area contributed by atoms with E-state index in [4.69, 9.17) is 0 Å². The van der Waals surface area contributed by atoms with Gasteiger partial charge in [0.2, 0.25) is 0 Å². The number of benzene rings is 2. The molecule has 0 saturated carbocycles. The monoisotopic (exact) mass is 368 g/mol. The predicted molar refractivity (Wildman–Crippen MR) is 100.0 cm³/mol. The van der Waals surface area contributed by atoms with Gasteiger partial charge in [-0.05, 0) is 23.8 Å². The Balaban J connectivity index is 1.54. The second-order valence-electron chi connectivity index (χ2n) is 6.07. The summed E-state index contributed by atoms with van der Waals surface area (Å²) < 4.78 is 38.0. The molecule has 0 unspecified atom stereocenters. The number of halogens is 3. The van der Waals surface area contributed by atoms with Crippen LogP contribution in [-0.2, 0) is 6.18 Å². The van der Waals surface area contributed by atoms with Crippen LogP contribution >= 0.6 is 0 Å². The molecule has 0 aliphatic carbocycles. The van der Waals surface area contributed by atoms with E-state index in [9.17, 15) is 13.2 Å². The summed E-state index contributed by atoms with van der Waals surface area (Å²) in [7, 11) is 0. The number of hydrogen-bond donors (Lipinski definition) is 3. The van der Waals surface area contributed by atoms with Gasteiger partial charge in [0.1, 0.15) is 0 Å². The van der Waals surface area contributed by atoms with E-state index in [0.29, 0.717) is 22.8 Å². The molecule has 0 saturated heterocycles. The molecule has 0 bridgehead atoms. The average Bonchev–Trinajstić information content (AvgIpc) is 3.29. The molecule has 4 aromatic rings. The quantitative estimate of drug-likeness (QED) is 0.435. The van der Waals surface area contributed by atoms with Crippen LogP contribution in [0.15, 0.2) is 67.5 Å². The standard InChI is InChI=1S/C20H15F3N4/c1-12(26-18-11-24-16-5-3-2-4-15(16)18)19-25-10-17(27-19)13-6-8-14(9-7-13)20(21,22)23/h2-11,24,26H,1H2,(H,25,27). The molecule has 2 aromatic heterocycles. The van der Waals surface area contributed by atoms with Crippen molar-refractivity contribution in [2.75, 3.05) is 5.32 Å². The van der Waals surface area contributed by atoms with E-state index < -0.39 is 11.7 Å². The minimum Gasteiger partial charge on any atom is -0.359 e. The summed E-state index contributed by atoms with van der Waals surface area (Å²) in [6, 6.07) is 12.8. The van der Waals surface area contributed by atoms with Gasteiger partial charge in [-0.15, -0.1) is 0 Å². The van der Waals surface area contributed by atoms with Crippen LogP contribution in [0.25, 0.3) is 27.9 Å². The topological polar surface area (TPSA) is 56.5 Å². The van der Waals surface area contributed by atoms with Crippen molar-refractivity contribution in [3.8, 4) is 11.3 Å². The summed E-state index contributed by atoms with van der Waals surface area (Å²) in [5, 5.41) is 4.23. The first-order chi connectivity index (χ1) is 12.9. The number of anilines is 1. The highest BCUT2D eigenvalue weighted by molar-refractivity contribution is 5.95. The van der Waals surface area contributed by atoms with Gasteiger partial charge in [0.25, 0.3) is 0 Å². The number of H-pyrrole nitrogens is 2. The van der Waals surface area contributed by atoms with Crippen molar-refractivity contribution in [2.24, 2.45) is 0 Å². The summed E-state index contributed by atoms with van der Waals surface area (Å²) in [5.74, 6) is 0.509. The Morgan fingerprint density at radius 3 is 2.52 bits per heavy atom. The molecule has 2 heterocycles. The fourth-order valence-electron chi connectivity index (χ4n) is 2.86. The highest BCUT2D eigenvalue weighted by atomic mass is 19.4. The van der Waals surface area contributed by atoms with Crippen LogP contribution in [0, 0.1) is 0 Å². The first-order valence-electron chi connectivity index (χ1n) is 8.17. The van der Waals surface area contributed by atoms with E-state index in [0.717, 1.165) is 28.7 Å². The van der Waals surface area contributed by atoms with Gasteiger partial charge in [0.05, 0.1) is 28.8 Å². The number of aromatic nitrogens is 3. The zero-order valence-electron chi connectivity index (χ0n) is 14.1. The van der Waals surface area contributed by atoms with E-state index >= 15 is 0 Å². The molecule has 3 N–H and O–H groups in total. The van der Waals surface area contributed by atoms with Crippen LogP contribution in [0.4, 0.5) is 18.9 Å². The maximum absolute atomic E-state index is 12.7. The van der Waals surface area contributed by atoms with Crippen molar-refractivity contribution < 1.29 is 13.2 Å². The minimum absolute atomic E-state index is 0.509. The number of para-hydroxylation sites is 1. The molecule has 0 radical (unpaired) electrons. The number of imidazole rings is 1. The van der Waals surface area contributed by atoms with Crippen molar-refractivity contribution in [3.63, 3.8) is 0 Å². The van der Waals surface area contributed by atoms with Gasteiger partial charge >= 0.3 is 6.18 Å². The summed E-state index contributed by atoms with van der Waals surface area (Å²) >= 11 is 0. The zero-order valence-corrected chi connectivity index (χ0v) is 14.1. The van der Waals surface area contributed by atoms with Crippen molar-refractivity contribution in [3.05, 3.63) is 78.9 Å². The van der Waals surface area contributed by atoms with Gasteiger partial charge in [-0.3, -0.25) is 0 Å². The number of nitrogens with zero attached hydrogens (tertiary/aromatic N) is 1. The molecule has 0 aliphatic heterocycles. The molecule has 0 amide bonds. The highest BCUT2D eigenvalue weighted by Gasteiger charge is 2.30. The van der Waals surface area contributed by atoms with Crippen LogP contribution in [0.3, 0.4) is 0 Å². The third kappa shape index (κ3) is 3.31. The third-order valence-electron chi connectivity index (χ3n) is 4.26. The normalized spacial score (nSPS) is 11.7. The highest BCUT2D eigenvalue weighted by Crippen LogP contribution is 2.31. The SMILES string of the molecule is C=C(Nc1c[nH]c2ccccc12)c1ncc(-c2ccc(C(F)(F)F)cc2)[nH]1. The van der Waals surface area contributed by atoms with Gasteiger partial charge in [-0.25, -0.2) is 4.98 Å². The zero-order chi connectivity index (χ0) is 19.0. The summed E-state index contributed by atoms with van der Waals surface area (Å²) in [4.78, 5) is 10.5. The van der Waals surface area contributed by atoms with Gasteiger partial charge in [0.15, 0.2) is 5.82 Å². The van der Waals surface area contributed by atoms with Crippen molar-refractivity contribution >= 4 is 22.3 Å². The van der Waals surface area contributed by atoms with Crippen LogP contribution in [0.5, 0.6) is 0 Å². The van der Waals surface area contributed by atoms with Crippen LogP contribution < -0.4 is 5.32 Å². The molecule has 0 aliphatic rings. The number of aromatic amines is 2. The summed E-state index contributed by atoms with van der Waals surface area (Å²) in [6.45, 7) is 3.99. The molecular formula is C20H15F3N4. The molecule has 136 valence electrons. The smallest absolute Gasteiger partial charge is 0.359 e. The second kappa shape index (κ2) is 6.35. The van der Waals surface area contributed by atoms with Crippen LogP contribution in [-0.4, -0.2) is 15.0 Å². The van der Waals surface area contributed by atoms with Crippen molar-refractivity contribution in [1.82, 2.24) is 15.0 Å². The van der Waals surface area contributed by atoms with E-state index in [1.54, 1.807) is 6.20 Å². The number of fused-ring (bicyclic) bond motifs is 1. The van der Waals surface area contributed by atoms with Gasteiger partial charge in [-0.1, -0.05) is 36.9 Å². The fraction of sp³-hybridized carbons (Fsp3) is 0.0500. The molecule has 4 nitrogen and oxygen atoms in total. The maximum atomic E-state index is 12.7. The molecule has 0 atom stereocenters. The number of alkyl halides is 3. The Kier molecular flexibility index (Phi) is 3.99. The molecular weight excluding hydrogens is 353 g/mol. The molecule has 7 heteroatoms. The summed E-state index contributed by atoms with van der Waals surface area (Å²) in [5.41, 5.74) is 2.96. The maximum Gasteiger partial charge on any atom is 0.416 e. The molecule has 27 heavy (non-hydrogen) atoms. The number of hydrogen-bond acceptors (Lipinski definition) is 2. The molecule has 4 rings (SSSR count). The first-order valence-corrected chi connectivity index (χ1v) is 8.17. The molecule has 0 fully saturated rings. The van der Waals surface area contributed by atoms with Crippen LogP contribution in [0.2, 0.25) is 0 Å². The van der Waals surface area contributed by atoms with E-state index in [-0.39, 0.29) is 0 Å². The lowest BCUT2D eigenvalue weighted by atomic mass is 10.1. The molecule has 2 aromatic carbocycles. The number of nitrogens with one attached hydrogen (secondary N) is 3. The largest absolute Gasteiger partial charge is 0.416 e. The Labute approximate surface area is 152 Å². The number of rotatable bonds is 4. The third-order valence-corrected chi connectivity index (χ3v) is 4.26. The Bertz CT molecular complexity index is 1100. The van der Waals surface area contributed by atoms with Gasteiger partial charge < -0.3 is 15.3 Å². The van der Waals surface area contributed by atoms with Crippen molar-refractivity contribution in [2.45, 2.75) is 6.18 Å². The Hall–Kier alpha value is -3.48. The Morgan fingerprint density at radius 1 is 1.04 bits per heavy atom. The molecule has 0 spiro atoms. The van der Waals surface area contributed by atoms with Gasteiger partial charge in [-0.2, -0.15) is 13.2 Å². The van der Waals surface area contributed by atoms with Crippen molar-refractivity contribution in [1.29, 1.82) is 0 Å². The van der Waals surface area contributed by atoms with Gasteiger partial charge in [0, 0.05) is 17.1 Å². The van der Waals surface area contributed by atoms with E-state index in [2.05, 4.69) is 26.8 Å². The van der Waals surface area contributed by atoms with E-state index in [1.165, 1.54) is 12.1 Å². The Morgan fingerprint density at radius 2 is 1.78 bits per heavy atom. The second-order valence-corrected chi connectivity index (χ2v) is 6.07. The minimum atomic E-state index is -4.35. The average molecular weight is 368 g/mol. The lowest BCUT2D eigenvalue weighted by molar-refractivity contribution is -0.137. The fourth-order valence-corrected chi connectivity index (χ4v) is 2.86. The van der Waals surface area contributed by atoms with Crippen LogP contribution in [0.1, 0.15) is 11.4 Å². The predicted octanol–water partition coefficient (Wildman–Crippen LogP) is 5.66. The van der Waals surface area contributed by atoms with E-state index in [1.807, 2.05) is 30.5 Å².